The third-order valence-electron chi connectivity index (χ3n) is 3.67. The summed E-state index contributed by atoms with van der Waals surface area (Å²) in [4.78, 5) is 23.5. The van der Waals surface area contributed by atoms with Gasteiger partial charge in [0.05, 0.1) is 10.9 Å². The molecule has 2 aromatic rings. The minimum Gasteiger partial charge on any atom is -0.338 e. The molecule has 3 amide bonds. The zero-order chi connectivity index (χ0) is 18.9. The van der Waals surface area contributed by atoms with E-state index in [1.807, 2.05) is 12.1 Å². The van der Waals surface area contributed by atoms with Gasteiger partial charge in [0, 0.05) is 6.54 Å². The molecule has 140 valence electrons. The number of carbonyl (C=O) groups is 2. The Labute approximate surface area is 157 Å². The fourth-order valence-corrected chi connectivity index (χ4v) is 3.04. The summed E-state index contributed by atoms with van der Waals surface area (Å²) in [6.45, 7) is 6.10. The number of tetrazole rings is 1. The van der Waals surface area contributed by atoms with Gasteiger partial charge in [-0.2, -0.15) is 4.68 Å². The van der Waals surface area contributed by atoms with Crippen LogP contribution in [0.1, 0.15) is 39.2 Å². The van der Waals surface area contributed by atoms with Crippen molar-refractivity contribution < 1.29 is 9.59 Å². The maximum absolute atomic E-state index is 12.1. The normalized spacial score (nSPS) is 11.8. The number of hydrogen-bond donors (Lipinski definition) is 2. The Morgan fingerprint density at radius 3 is 2.62 bits per heavy atom. The van der Waals surface area contributed by atoms with E-state index in [1.165, 1.54) is 17.3 Å². The molecule has 26 heavy (non-hydrogen) atoms. The number of benzene rings is 1. The Bertz CT molecular complexity index is 731. The smallest absolute Gasteiger partial charge is 0.321 e. The zero-order valence-electron chi connectivity index (χ0n) is 15.2. The molecule has 0 aliphatic rings. The van der Waals surface area contributed by atoms with Gasteiger partial charge in [-0.15, -0.1) is 5.10 Å². The number of imide groups is 1. The highest BCUT2D eigenvalue weighted by molar-refractivity contribution is 8.00. The van der Waals surface area contributed by atoms with Crippen molar-refractivity contribution in [3.05, 3.63) is 29.8 Å². The lowest BCUT2D eigenvalue weighted by Crippen LogP contribution is -2.42. The average molecular weight is 376 g/mol. The van der Waals surface area contributed by atoms with E-state index < -0.39 is 17.2 Å². The summed E-state index contributed by atoms with van der Waals surface area (Å²) in [5.74, 6) is -0.398. The van der Waals surface area contributed by atoms with Gasteiger partial charge in [0.1, 0.15) is 0 Å². The molecule has 0 saturated carbocycles. The second-order valence-electron chi connectivity index (χ2n) is 5.75. The van der Waals surface area contributed by atoms with Crippen LogP contribution in [0.25, 0.3) is 5.69 Å². The zero-order valence-corrected chi connectivity index (χ0v) is 16.0. The quantitative estimate of drug-likeness (QED) is 0.686. The van der Waals surface area contributed by atoms with Crippen LogP contribution in [0, 0.1) is 0 Å². The first-order valence-corrected chi connectivity index (χ1v) is 9.56. The van der Waals surface area contributed by atoms with Crippen LogP contribution < -0.4 is 10.6 Å². The Balaban J connectivity index is 2.03. The SMILES string of the molecule is CCCCc1ccc(-n2nnnc2SC(C)C(=O)NC(=O)NCC)cc1. The maximum atomic E-state index is 12.1. The summed E-state index contributed by atoms with van der Waals surface area (Å²) in [5.41, 5.74) is 2.10. The van der Waals surface area contributed by atoms with Crippen LogP contribution in [0.3, 0.4) is 0 Å². The molecule has 1 heterocycles. The second kappa shape index (κ2) is 9.91. The van der Waals surface area contributed by atoms with Gasteiger partial charge < -0.3 is 5.32 Å². The third-order valence-corrected chi connectivity index (χ3v) is 4.70. The molecule has 0 bridgehead atoms. The molecule has 1 atom stereocenters. The number of aromatic nitrogens is 4. The van der Waals surface area contributed by atoms with Gasteiger partial charge in [-0.25, -0.2) is 4.79 Å². The molecule has 2 rings (SSSR count). The molecule has 1 aromatic heterocycles. The van der Waals surface area contributed by atoms with Gasteiger partial charge in [-0.3, -0.25) is 10.1 Å². The van der Waals surface area contributed by atoms with Gasteiger partial charge in [0.25, 0.3) is 0 Å². The fraction of sp³-hybridized carbons (Fsp3) is 0.471. The Morgan fingerprint density at radius 1 is 1.23 bits per heavy atom. The molecule has 0 fully saturated rings. The molecule has 0 radical (unpaired) electrons. The summed E-state index contributed by atoms with van der Waals surface area (Å²) in [7, 11) is 0. The monoisotopic (exact) mass is 376 g/mol. The number of unbranched alkanes of at least 4 members (excludes halogenated alkanes) is 1. The molecular formula is C17H24N6O2S. The van der Waals surface area contributed by atoms with E-state index in [2.05, 4.69) is 45.2 Å². The topological polar surface area (TPSA) is 102 Å². The first-order valence-electron chi connectivity index (χ1n) is 8.68. The highest BCUT2D eigenvalue weighted by Crippen LogP contribution is 2.23. The number of rotatable bonds is 8. The standard InChI is InChI=1S/C17H24N6O2S/c1-4-6-7-13-8-10-14(11-9-13)23-17(20-21-22-23)26-12(3)15(24)19-16(25)18-5-2/h8-12H,4-7H2,1-3H3,(H2,18,19,24,25). The molecular weight excluding hydrogens is 352 g/mol. The van der Waals surface area contributed by atoms with Crippen molar-refractivity contribution in [1.29, 1.82) is 0 Å². The van der Waals surface area contributed by atoms with Gasteiger partial charge >= 0.3 is 6.03 Å². The van der Waals surface area contributed by atoms with E-state index in [-0.39, 0.29) is 0 Å². The van der Waals surface area contributed by atoms with Crippen molar-refractivity contribution >= 4 is 23.7 Å². The fourth-order valence-electron chi connectivity index (χ4n) is 2.23. The second-order valence-corrected chi connectivity index (χ2v) is 7.06. The van der Waals surface area contributed by atoms with Crippen LogP contribution in [-0.2, 0) is 11.2 Å². The number of urea groups is 1. The minimum atomic E-state index is -0.522. The van der Waals surface area contributed by atoms with Crippen LogP contribution >= 0.6 is 11.8 Å². The lowest BCUT2D eigenvalue weighted by Gasteiger charge is -2.11. The molecule has 9 heteroatoms. The van der Waals surface area contributed by atoms with Gasteiger partial charge in [-0.05, 0) is 54.8 Å². The minimum absolute atomic E-state index is 0.398. The summed E-state index contributed by atoms with van der Waals surface area (Å²) in [5, 5.41) is 16.5. The first-order chi connectivity index (χ1) is 12.5. The number of nitrogens with one attached hydrogen (secondary N) is 2. The first kappa shape index (κ1) is 19.9. The highest BCUT2D eigenvalue weighted by atomic mass is 32.2. The number of nitrogens with zero attached hydrogens (tertiary/aromatic N) is 4. The average Bonchev–Trinajstić information content (AvgIpc) is 3.08. The number of thioether (sulfide) groups is 1. The molecule has 0 aliphatic heterocycles. The lowest BCUT2D eigenvalue weighted by molar-refractivity contribution is -0.119. The van der Waals surface area contributed by atoms with Crippen LogP contribution in [0.5, 0.6) is 0 Å². The van der Waals surface area contributed by atoms with Crippen LogP contribution in [0.2, 0.25) is 0 Å². The largest absolute Gasteiger partial charge is 0.338 e. The lowest BCUT2D eigenvalue weighted by atomic mass is 10.1. The van der Waals surface area contributed by atoms with Crippen molar-refractivity contribution in [2.24, 2.45) is 0 Å². The van der Waals surface area contributed by atoms with E-state index >= 15 is 0 Å². The van der Waals surface area contributed by atoms with Crippen LogP contribution in [0.4, 0.5) is 4.79 Å². The summed E-state index contributed by atoms with van der Waals surface area (Å²) >= 11 is 1.19. The van der Waals surface area contributed by atoms with E-state index in [9.17, 15) is 9.59 Å². The predicted molar refractivity (Wildman–Crippen MR) is 100 cm³/mol. The summed E-state index contributed by atoms with van der Waals surface area (Å²) < 4.78 is 1.59. The van der Waals surface area contributed by atoms with Crippen molar-refractivity contribution in [2.45, 2.75) is 50.4 Å². The Kier molecular flexibility index (Phi) is 7.58. The summed E-state index contributed by atoms with van der Waals surface area (Å²) in [6, 6.07) is 7.54. The van der Waals surface area contributed by atoms with Gasteiger partial charge in [0.15, 0.2) is 0 Å². The predicted octanol–water partition coefficient (Wildman–Crippen LogP) is 2.33. The Morgan fingerprint density at radius 2 is 1.96 bits per heavy atom. The van der Waals surface area contributed by atoms with Crippen molar-refractivity contribution in [2.75, 3.05) is 6.54 Å². The number of aryl methyl sites for hydroxylation is 1. The van der Waals surface area contributed by atoms with Crippen molar-refractivity contribution in [3.63, 3.8) is 0 Å². The molecule has 0 spiro atoms. The highest BCUT2D eigenvalue weighted by Gasteiger charge is 2.20. The number of amides is 3. The third kappa shape index (κ3) is 5.55. The van der Waals surface area contributed by atoms with Crippen molar-refractivity contribution in [3.8, 4) is 5.69 Å². The molecule has 1 unspecified atom stereocenters. The van der Waals surface area contributed by atoms with Crippen LogP contribution in [-0.4, -0.2) is 43.9 Å². The molecule has 2 N–H and O–H groups in total. The molecule has 8 nitrogen and oxygen atoms in total. The molecule has 0 saturated heterocycles. The van der Waals surface area contributed by atoms with E-state index in [1.54, 1.807) is 18.5 Å². The maximum Gasteiger partial charge on any atom is 0.321 e. The van der Waals surface area contributed by atoms with E-state index in [4.69, 9.17) is 0 Å². The van der Waals surface area contributed by atoms with Crippen LogP contribution in [0.15, 0.2) is 29.4 Å². The summed E-state index contributed by atoms with van der Waals surface area (Å²) in [6.07, 6.45) is 3.36. The van der Waals surface area contributed by atoms with E-state index in [0.717, 1.165) is 24.9 Å². The van der Waals surface area contributed by atoms with Gasteiger partial charge in [-0.1, -0.05) is 37.2 Å². The Hall–Kier alpha value is -2.42. The molecule has 0 aliphatic carbocycles. The van der Waals surface area contributed by atoms with Gasteiger partial charge in [0.2, 0.25) is 11.1 Å². The van der Waals surface area contributed by atoms with E-state index in [0.29, 0.717) is 11.7 Å². The van der Waals surface area contributed by atoms with Crippen molar-refractivity contribution in [1.82, 2.24) is 30.8 Å². The number of hydrogen-bond acceptors (Lipinski definition) is 6. The number of carbonyl (C=O) groups excluding carboxylic acids is 2. The molecule has 1 aromatic carbocycles.